The first-order chi connectivity index (χ1) is 7.83. The van der Waals surface area contributed by atoms with Gasteiger partial charge in [0.1, 0.15) is 5.78 Å². The predicted molar refractivity (Wildman–Crippen MR) is 66.4 cm³/mol. The highest BCUT2D eigenvalue weighted by Crippen LogP contribution is 2.74. The molecular formula is C15H24O2. The fourth-order valence-electron chi connectivity index (χ4n) is 5.43. The summed E-state index contributed by atoms with van der Waals surface area (Å²) in [7, 11) is 0. The van der Waals surface area contributed by atoms with Gasteiger partial charge in [-0.25, -0.2) is 0 Å². The number of hydrogen-bond acceptors (Lipinski definition) is 2. The molecule has 0 amide bonds. The Kier molecular flexibility index (Phi) is 2.16. The third kappa shape index (κ3) is 1.18. The minimum Gasteiger partial charge on any atom is -0.392 e. The van der Waals surface area contributed by atoms with E-state index in [4.69, 9.17) is 0 Å². The van der Waals surface area contributed by atoms with Crippen LogP contribution in [0.25, 0.3) is 0 Å². The molecule has 3 aliphatic carbocycles. The van der Waals surface area contributed by atoms with Crippen LogP contribution in [0.4, 0.5) is 0 Å². The fraction of sp³-hybridized carbons (Fsp3) is 0.933. The van der Waals surface area contributed by atoms with Gasteiger partial charge in [0.2, 0.25) is 0 Å². The Labute approximate surface area is 104 Å². The lowest BCUT2D eigenvalue weighted by Crippen LogP contribution is -2.49. The number of carbonyl (C=O) groups excluding carboxylic acids is 1. The van der Waals surface area contributed by atoms with Crippen molar-refractivity contribution in [2.24, 2.45) is 34.5 Å². The van der Waals surface area contributed by atoms with E-state index in [1.165, 1.54) is 0 Å². The second kappa shape index (κ2) is 3.14. The quantitative estimate of drug-likeness (QED) is 0.760. The Morgan fingerprint density at radius 2 is 1.94 bits per heavy atom. The molecule has 6 atom stereocenters. The third-order valence-electron chi connectivity index (χ3n) is 6.47. The second-order valence-electron chi connectivity index (χ2n) is 7.34. The van der Waals surface area contributed by atoms with Gasteiger partial charge in [-0.05, 0) is 55.3 Å². The van der Waals surface area contributed by atoms with Gasteiger partial charge in [-0.1, -0.05) is 20.8 Å². The van der Waals surface area contributed by atoms with Crippen LogP contribution in [0, 0.1) is 34.5 Å². The lowest BCUT2D eigenvalue weighted by molar-refractivity contribution is -0.142. The zero-order chi connectivity index (χ0) is 12.6. The van der Waals surface area contributed by atoms with Crippen LogP contribution in [0.1, 0.15) is 47.0 Å². The Balaban J connectivity index is 2.05. The maximum Gasteiger partial charge on any atom is 0.138 e. The zero-order valence-electron chi connectivity index (χ0n) is 11.4. The van der Waals surface area contributed by atoms with Crippen molar-refractivity contribution in [2.45, 2.75) is 53.1 Å². The van der Waals surface area contributed by atoms with Crippen LogP contribution in [0.5, 0.6) is 0 Å². The first-order valence-electron chi connectivity index (χ1n) is 7.02. The number of rotatable bonds is 1. The van der Waals surface area contributed by atoms with E-state index in [-0.39, 0.29) is 5.78 Å². The monoisotopic (exact) mass is 236 g/mol. The second-order valence-corrected chi connectivity index (χ2v) is 7.34. The number of aliphatic hydroxyl groups is 1. The van der Waals surface area contributed by atoms with Gasteiger partial charge in [-0.15, -0.1) is 0 Å². The molecule has 96 valence electrons. The molecule has 0 heterocycles. The molecule has 0 spiro atoms. The van der Waals surface area contributed by atoms with Crippen molar-refractivity contribution in [3.05, 3.63) is 0 Å². The highest BCUT2D eigenvalue weighted by atomic mass is 16.3. The molecular weight excluding hydrogens is 212 g/mol. The molecule has 0 radical (unpaired) electrons. The summed E-state index contributed by atoms with van der Waals surface area (Å²) in [5, 5.41) is 10.5. The first-order valence-corrected chi connectivity index (χ1v) is 7.02. The lowest BCUT2D eigenvalue weighted by atomic mass is 9.62. The average molecular weight is 236 g/mol. The maximum atomic E-state index is 12.2. The minimum atomic E-state index is -0.394. The lowest BCUT2D eigenvalue weighted by Gasteiger charge is -2.42. The number of aliphatic hydroxyl groups excluding tert-OH is 1. The fourth-order valence-corrected chi connectivity index (χ4v) is 5.43. The molecule has 0 aliphatic heterocycles. The van der Waals surface area contributed by atoms with E-state index >= 15 is 0 Å². The van der Waals surface area contributed by atoms with Crippen LogP contribution in [-0.2, 0) is 4.79 Å². The zero-order valence-corrected chi connectivity index (χ0v) is 11.4. The highest BCUT2D eigenvalue weighted by Gasteiger charge is 2.73. The molecule has 0 aromatic rings. The third-order valence-corrected chi connectivity index (χ3v) is 6.47. The summed E-state index contributed by atoms with van der Waals surface area (Å²) in [6.45, 7) is 8.61. The summed E-state index contributed by atoms with van der Waals surface area (Å²) in [6, 6.07) is 0. The molecule has 1 N–H and O–H groups in total. The van der Waals surface area contributed by atoms with E-state index in [0.717, 1.165) is 19.3 Å². The molecule has 3 rings (SSSR count). The number of hydrogen-bond donors (Lipinski definition) is 1. The van der Waals surface area contributed by atoms with Crippen molar-refractivity contribution in [2.75, 3.05) is 0 Å². The Bertz CT molecular complexity index is 373. The standard InChI is InChI=1S/C15H24O2/c1-8-5-6-15(9(2)16)11(17)7-10-13(12(8)15)14(10,3)4/h8,10-13,17H,5-7H2,1-4H3/t8-,10-,11-,12?,13-,15+/m0/s1. The van der Waals surface area contributed by atoms with E-state index in [1.54, 1.807) is 6.92 Å². The van der Waals surface area contributed by atoms with Crippen LogP contribution in [0.2, 0.25) is 0 Å². The highest BCUT2D eigenvalue weighted by molar-refractivity contribution is 5.84. The molecule has 1 unspecified atom stereocenters. The van der Waals surface area contributed by atoms with Crippen molar-refractivity contribution in [1.82, 2.24) is 0 Å². The Morgan fingerprint density at radius 3 is 2.53 bits per heavy atom. The smallest absolute Gasteiger partial charge is 0.138 e. The number of fused-ring (bicyclic) bond motifs is 3. The van der Waals surface area contributed by atoms with Crippen LogP contribution >= 0.6 is 0 Å². The van der Waals surface area contributed by atoms with E-state index in [0.29, 0.717) is 29.1 Å². The Hall–Kier alpha value is -0.370. The Morgan fingerprint density at radius 1 is 1.29 bits per heavy atom. The summed E-state index contributed by atoms with van der Waals surface area (Å²) < 4.78 is 0. The normalized spacial score (nSPS) is 55.0. The predicted octanol–water partition coefficient (Wildman–Crippen LogP) is 2.64. The molecule has 3 fully saturated rings. The van der Waals surface area contributed by atoms with E-state index in [1.807, 2.05) is 0 Å². The molecule has 3 saturated carbocycles. The molecule has 17 heavy (non-hydrogen) atoms. The van der Waals surface area contributed by atoms with Gasteiger partial charge in [0.25, 0.3) is 0 Å². The van der Waals surface area contributed by atoms with Gasteiger partial charge < -0.3 is 5.11 Å². The van der Waals surface area contributed by atoms with Crippen molar-refractivity contribution in [3.63, 3.8) is 0 Å². The first kappa shape index (κ1) is 11.7. The summed E-state index contributed by atoms with van der Waals surface area (Å²) in [4.78, 5) is 12.2. The largest absolute Gasteiger partial charge is 0.392 e. The maximum absolute atomic E-state index is 12.2. The topological polar surface area (TPSA) is 37.3 Å². The molecule has 0 aromatic heterocycles. The van der Waals surface area contributed by atoms with E-state index in [2.05, 4.69) is 20.8 Å². The van der Waals surface area contributed by atoms with Crippen LogP contribution < -0.4 is 0 Å². The number of Topliss-reactive ketones (excluding diaryl/α,β-unsaturated/α-hetero) is 1. The SMILES string of the molecule is CC(=O)[C@@]12CC[C@H](C)C1[C@@H]1[C@H](C[C@@H]2O)C1(C)C. The van der Waals surface area contributed by atoms with Crippen LogP contribution in [-0.4, -0.2) is 17.0 Å². The van der Waals surface area contributed by atoms with Gasteiger partial charge in [-0.3, -0.25) is 4.79 Å². The van der Waals surface area contributed by atoms with Crippen molar-refractivity contribution >= 4 is 5.78 Å². The number of carbonyl (C=O) groups is 1. The molecule has 0 bridgehead atoms. The van der Waals surface area contributed by atoms with E-state index < -0.39 is 11.5 Å². The molecule has 2 nitrogen and oxygen atoms in total. The average Bonchev–Trinajstić information content (AvgIpc) is 2.61. The summed E-state index contributed by atoms with van der Waals surface area (Å²) in [5.41, 5.74) is -0.0458. The van der Waals surface area contributed by atoms with Crippen molar-refractivity contribution in [1.29, 1.82) is 0 Å². The van der Waals surface area contributed by atoms with Gasteiger partial charge >= 0.3 is 0 Å². The number of ketones is 1. The summed E-state index contributed by atoms with van der Waals surface area (Å²) >= 11 is 0. The molecule has 3 aliphatic rings. The van der Waals surface area contributed by atoms with Gasteiger partial charge in [0.15, 0.2) is 0 Å². The van der Waals surface area contributed by atoms with Gasteiger partial charge in [0, 0.05) is 0 Å². The molecule has 0 saturated heterocycles. The molecule has 2 heteroatoms. The van der Waals surface area contributed by atoms with Crippen molar-refractivity contribution < 1.29 is 9.90 Å². The van der Waals surface area contributed by atoms with Crippen LogP contribution in [0.15, 0.2) is 0 Å². The van der Waals surface area contributed by atoms with Gasteiger partial charge in [0.05, 0.1) is 11.5 Å². The van der Waals surface area contributed by atoms with Gasteiger partial charge in [-0.2, -0.15) is 0 Å². The van der Waals surface area contributed by atoms with Crippen LogP contribution in [0.3, 0.4) is 0 Å². The van der Waals surface area contributed by atoms with Crippen molar-refractivity contribution in [3.8, 4) is 0 Å². The van der Waals surface area contributed by atoms with E-state index in [9.17, 15) is 9.90 Å². The summed E-state index contributed by atoms with van der Waals surface area (Å²) in [6.07, 6.45) is 2.48. The summed E-state index contributed by atoms with van der Waals surface area (Å²) in [5.74, 6) is 2.59. The minimum absolute atomic E-state index is 0.237. The molecule has 0 aromatic carbocycles.